The van der Waals surface area contributed by atoms with E-state index >= 15 is 0 Å². The molecule has 0 atom stereocenters. The van der Waals surface area contributed by atoms with Crippen molar-refractivity contribution >= 4 is 28.4 Å². The normalized spacial score (nSPS) is 18.2. The van der Waals surface area contributed by atoms with Gasteiger partial charge in [0.2, 0.25) is 5.91 Å². The van der Waals surface area contributed by atoms with Crippen LogP contribution in [-0.4, -0.2) is 44.4 Å². The largest absolute Gasteiger partial charge is 0.342 e. The first-order chi connectivity index (χ1) is 16.2. The van der Waals surface area contributed by atoms with E-state index in [0.717, 1.165) is 49.3 Å². The minimum absolute atomic E-state index is 0.237. The van der Waals surface area contributed by atoms with Gasteiger partial charge in [0, 0.05) is 25.6 Å². The first-order valence-corrected chi connectivity index (χ1v) is 13.5. The minimum Gasteiger partial charge on any atom is -0.342 e. The number of carbonyl (C=O) groups is 1. The number of rotatable bonds is 6. The fraction of sp³-hybridized carbons (Fsp3) is 0.519. The smallest absolute Gasteiger partial charge is 0.233 e. The second-order valence-corrected chi connectivity index (χ2v) is 10.7. The molecule has 1 amide bonds. The molecule has 0 radical (unpaired) electrons. The van der Waals surface area contributed by atoms with Crippen molar-refractivity contribution in [1.29, 1.82) is 0 Å². The van der Waals surface area contributed by atoms with Crippen molar-refractivity contribution in [3.05, 3.63) is 53.9 Å². The van der Waals surface area contributed by atoms with Crippen LogP contribution in [0.1, 0.15) is 69.3 Å². The van der Waals surface area contributed by atoms with Gasteiger partial charge in [-0.2, -0.15) is 0 Å². The van der Waals surface area contributed by atoms with Crippen molar-refractivity contribution in [1.82, 2.24) is 19.7 Å². The average Bonchev–Trinajstić information content (AvgIpc) is 3.26. The summed E-state index contributed by atoms with van der Waals surface area (Å²) in [5.41, 5.74) is 1.28. The van der Waals surface area contributed by atoms with Crippen LogP contribution in [0.3, 0.4) is 0 Å². The molecule has 5 nitrogen and oxygen atoms in total. The summed E-state index contributed by atoms with van der Waals surface area (Å²) >= 11 is 1.58. The molecule has 0 N–H and O–H groups in total. The number of aromatic nitrogens is 3. The van der Waals surface area contributed by atoms with Crippen LogP contribution in [0.2, 0.25) is 0 Å². The zero-order chi connectivity index (χ0) is 22.6. The van der Waals surface area contributed by atoms with Crippen LogP contribution in [-0.2, 0) is 11.2 Å². The number of nitrogens with zero attached hydrogens (tertiary/aromatic N) is 4. The molecule has 6 heteroatoms. The lowest BCUT2D eigenvalue weighted by Gasteiger charge is -2.30. The Labute approximate surface area is 201 Å². The third-order valence-electron chi connectivity index (χ3n) is 7.36. The molecule has 2 fully saturated rings. The fourth-order valence-electron chi connectivity index (χ4n) is 5.32. The maximum absolute atomic E-state index is 12.9. The van der Waals surface area contributed by atoms with Crippen molar-refractivity contribution in [2.45, 2.75) is 69.5 Å². The number of benzene rings is 2. The van der Waals surface area contributed by atoms with Gasteiger partial charge in [-0.15, -0.1) is 10.2 Å². The zero-order valence-electron chi connectivity index (χ0n) is 19.6. The highest BCUT2D eigenvalue weighted by atomic mass is 32.2. The van der Waals surface area contributed by atoms with Crippen LogP contribution in [0.4, 0.5) is 0 Å². The predicted molar refractivity (Wildman–Crippen MR) is 135 cm³/mol. The SMILES string of the molecule is CC1CCN(C(=O)CSc2nnc(Cc3cccc4ccccc34)n2C2CCCCC2)CC1. The summed E-state index contributed by atoms with van der Waals surface area (Å²) in [6.45, 7) is 4.06. The second-order valence-electron chi connectivity index (χ2n) is 9.73. The van der Waals surface area contributed by atoms with Gasteiger partial charge in [-0.05, 0) is 47.9 Å². The topological polar surface area (TPSA) is 51.0 Å². The van der Waals surface area contributed by atoms with Gasteiger partial charge >= 0.3 is 0 Å². The Morgan fingerprint density at radius 1 is 0.970 bits per heavy atom. The number of hydrogen-bond donors (Lipinski definition) is 0. The molecule has 1 saturated heterocycles. The summed E-state index contributed by atoms with van der Waals surface area (Å²) in [5, 5.41) is 12.7. The second kappa shape index (κ2) is 10.3. The van der Waals surface area contributed by atoms with Gasteiger partial charge in [0.1, 0.15) is 5.82 Å². The summed E-state index contributed by atoms with van der Waals surface area (Å²) in [5.74, 6) is 2.45. The molecule has 174 valence electrons. The highest BCUT2D eigenvalue weighted by Crippen LogP contribution is 2.34. The van der Waals surface area contributed by atoms with Gasteiger partial charge in [-0.25, -0.2) is 0 Å². The monoisotopic (exact) mass is 462 g/mol. The molecule has 2 aromatic carbocycles. The Kier molecular flexibility index (Phi) is 7.00. The summed E-state index contributed by atoms with van der Waals surface area (Å²) in [6.07, 6.45) is 9.16. The van der Waals surface area contributed by atoms with Gasteiger partial charge in [0.05, 0.1) is 5.75 Å². The number of likely N-dealkylation sites (tertiary alicyclic amines) is 1. The molecule has 1 aromatic heterocycles. The van der Waals surface area contributed by atoms with Crippen molar-refractivity contribution in [3.8, 4) is 0 Å². The minimum atomic E-state index is 0.237. The van der Waals surface area contributed by atoms with E-state index in [2.05, 4.69) is 64.2 Å². The van der Waals surface area contributed by atoms with E-state index in [0.29, 0.717) is 11.8 Å². The first kappa shape index (κ1) is 22.5. The van der Waals surface area contributed by atoms with Crippen molar-refractivity contribution in [3.63, 3.8) is 0 Å². The van der Waals surface area contributed by atoms with Crippen LogP contribution >= 0.6 is 11.8 Å². The van der Waals surface area contributed by atoms with E-state index in [1.807, 2.05) is 4.90 Å². The standard InChI is InChI=1S/C27H34N4OS/c1-20-14-16-30(17-15-20)26(32)19-33-27-29-28-25(31(27)23-11-3-2-4-12-23)18-22-10-7-9-21-8-5-6-13-24(21)22/h5-10,13,20,23H,2-4,11-12,14-19H2,1H3. The Morgan fingerprint density at radius 2 is 1.73 bits per heavy atom. The molecular weight excluding hydrogens is 428 g/mol. The van der Waals surface area contributed by atoms with Crippen LogP contribution in [0.25, 0.3) is 10.8 Å². The molecule has 2 heterocycles. The van der Waals surface area contributed by atoms with E-state index < -0.39 is 0 Å². The highest BCUT2D eigenvalue weighted by Gasteiger charge is 2.25. The lowest BCUT2D eigenvalue weighted by atomic mass is 9.95. The van der Waals surface area contributed by atoms with Crippen LogP contribution in [0.15, 0.2) is 47.6 Å². The Balaban J connectivity index is 1.37. The van der Waals surface area contributed by atoms with Gasteiger partial charge in [-0.3, -0.25) is 4.79 Å². The van der Waals surface area contributed by atoms with Gasteiger partial charge < -0.3 is 9.47 Å². The Hall–Kier alpha value is -2.34. The Bertz CT molecular complexity index is 1090. The number of fused-ring (bicyclic) bond motifs is 1. The molecule has 1 aliphatic heterocycles. The third-order valence-corrected chi connectivity index (χ3v) is 8.29. The lowest BCUT2D eigenvalue weighted by molar-refractivity contribution is -0.129. The van der Waals surface area contributed by atoms with E-state index in [1.54, 1.807) is 11.8 Å². The van der Waals surface area contributed by atoms with Gasteiger partial charge in [-0.1, -0.05) is 80.4 Å². The first-order valence-electron chi connectivity index (χ1n) is 12.5. The summed E-state index contributed by atoms with van der Waals surface area (Å²) in [4.78, 5) is 14.9. The average molecular weight is 463 g/mol. The predicted octanol–water partition coefficient (Wildman–Crippen LogP) is 5.88. The molecule has 0 unspecified atom stereocenters. The number of piperidine rings is 1. The van der Waals surface area contributed by atoms with Crippen molar-refractivity contribution < 1.29 is 4.79 Å². The lowest BCUT2D eigenvalue weighted by Crippen LogP contribution is -2.39. The van der Waals surface area contributed by atoms with E-state index in [9.17, 15) is 4.79 Å². The Morgan fingerprint density at radius 3 is 2.55 bits per heavy atom. The van der Waals surface area contributed by atoms with Crippen molar-refractivity contribution in [2.75, 3.05) is 18.8 Å². The molecule has 3 aromatic rings. The maximum atomic E-state index is 12.9. The van der Waals surface area contributed by atoms with Crippen LogP contribution in [0.5, 0.6) is 0 Å². The third kappa shape index (κ3) is 5.11. The number of amides is 1. The number of hydrogen-bond acceptors (Lipinski definition) is 4. The van der Waals surface area contributed by atoms with Gasteiger partial charge in [0.25, 0.3) is 0 Å². The van der Waals surface area contributed by atoms with Gasteiger partial charge in [0.15, 0.2) is 5.16 Å². The molecule has 2 aliphatic rings. The van der Waals surface area contributed by atoms with E-state index in [-0.39, 0.29) is 5.91 Å². The molecule has 1 saturated carbocycles. The molecule has 5 rings (SSSR count). The molecular formula is C27H34N4OS. The highest BCUT2D eigenvalue weighted by molar-refractivity contribution is 7.99. The zero-order valence-corrected chi connectivity index (χ0v) is 20.4. The van der Waals surface area contributed by atoms with Crippen LogP contribution < -0.4 is 0 Å². The molecule has 1 aliphatic carbocycles. The van der Waals surface area contributed by atoms with Crippen LogP contribution in [0, 0.1) is 5.92 Å². The van der Waals surface area contributed by atoms with Crippen molar-refractivity contribution in [2.24, 2.45) is 5.92 Å². The molecule has 0 bridgehead atoms. The molecule has 0 spiro atoms. The number of carbonyl (C=O) groups excluding carboxylic acids is 1. The number of thioether (sulfide) groups is 1. The van der Waals surface area contributed by atoms with E-state index in [1.165, 1.54) is 48.4 Å². The summed E-state index contributed by atoms with van der Waals surface area (Å²) in [6, 6.07) is 15.5. The summed E-state index contributed by atoms with van der Waals surface area (Å²) in [7, 11) is 0. The molecule has 33 heavy (non-hydrogen) atoms. The summed E-state index contributed by atoms with van der Waals surface area (Å²) < 4.78 is 2.37. The fourth-order valence-corrected chi connectivity index (χ4v) is 6.25. The maximum Gasteiger partial charge on any atom is 0.233 e. The van der Waals surface area contributed by atoms with E-state index in [4.69, 9.17) is 0 Å². The quantitative estimate of drug-likeness (QED) is 0.429.